The van der Waals surface area contributed by atoms with Gasteiger partial charge in [-0.05, 0) is 72.6 Å². The molecule has 0 aliphatic carbocycles. The predicted octanol–water partition coefficient (Wildman–Crippen LogP) is 4.51. The van der Waals surface area contributed by atoms with Crippen LogP contribution in [0, 0.1) is 0 Å². The second-order valence-corrected chi connectivity index (χ2v) is 8.05. The number of carbonyl (C=O) groups excluding carboxylic acids is 3. The molecular formula is C21H23BrN2O5. The average molecular weight is 463 g/mol. The first-order chi connectivity index (χ1) is 13.6. The van der Waals surface area contributed by atoms with Gasteiger partial charge in [0.05, 0.1) is 12.7 Å². The van der Waals surface area contributed by atoms with E-state index in [4.69, 9.17) is 4.74 Å². The lowest BCUT2D eigenvalue weighted by Gasteiger charge is -2.19. The van der Waals surface area contributed by atoms with Crippen LogP contribution in [-0.4, -0.2) is 30.7 Å². The first kappa shape index (κ1) is 22.4. The van der Waals surface area contributed by atoms with Crippen molar-refractivity contribution in [3.05, 3.63) is 63.6 Å². The third-order valence-electron chi connectivity index (χ3n) is 3.66. The number of hydrogen-bond donors (Lipinski definition) is 2. The molecule has 0 saturated heterocycles. The summed E-state index contributed by atoms with van der Waals surface area (Å²) in [5, 5.41) is 5.47. The van der Waals surface area contributed by atoms with Crippen molar-refractivity contribution in [3.63, 3.8) is 0 Å². The Morgan fingerprint density at radius 3 is 2.41 bits per heavy atom. The molecule has 0 fully saturated rings. The van der Waals surface area contributed by atoms with Gasteiger partial charge in [-0.1, -0.05) is 12.1 Å². The van der Waals surface area contributed by atoms with Crippen LogP contribution in [0.3, 0.4) is 0 Å². The Kier molecular flexibility index (Phi) is 7.39. The van der Waals surface area contributed by atoms with Gasteiger partial charge in [0.1, 0.15) is 5.60 Å². The minimum absolute atomic E-state index is 0.263. The molecule has 0 bridgehead atoms. The number of esters is 1. The van der Waals surface area contributed by atoms with Crippen LogP contribution in [0.4, 0.5) is 10.5 Å². The van der Waals surface area contributed by atoms with Crippen LogP contribution >= 0.6 is 15.9 Å². The number of carbonyl (C=O) groups is 3. The van der Waals surface area contributed by atoms with E-state index in [2.05, 4.69) is 31.3 Å². The number of amides is 2. The largest absolute Gasteiger partial charge is 0.465 e. The fourth-order valence-corrected chi connectivity index (χ4v) is 2.94. The molecule has 0 unspecified atom stereocenters. The molecule has 0 aliphatic rings. The molecule has 29 heavy (non-hydrogen) atoms. The van der Waals surface area contributed by atoms with Gasteiger partial charge < -0.3 is 14.8 Å². The van der Waals surface area contributed by atoms with Crippen LogP contribution in [0.2, 0.25) is 0 Å². The number of nitrogens with one attached hydrogen (secondary N) is 2. The molecule has 0 aliphatic heterocycles. The highest BCUT2D eigenvalue weighted by atomic mass is 79.9. The minimum atomic E-state index is -0.590. The maximum atomic E-state index is 12.4. The molecule has 2 N–H and O–H groups in total. The van der Waals surface area contributed by atoms with Gasteiger partial charge in [-0.25, -0.2) is 9.59 Å². The number of benzene rings is 2. The minimum Gasteiger partial charge on any atom is -0.465 e. The predicted molar refractivity (Wildman–Crippen MR) is 113 cm³/mol. The second kappa shape index (κ2) is 9.56. The number of rotatable bonds is 5. The average Bonchev–Trinajstić information content (AvgIpc) is 2.64. The van der Waals surface area contributed by atoms with Crippen LogP contribution in [-0.2, 0) is 16.0 Å². The third kappa shape index (κ3) is 6.90. The Bertz CT molecular complexity index is 922. The normalized spacial score (nSPS) is 10.8. The highest BCUT2D eigenvalue weighted by Crippen LogP contribution is 2.20. The van der Waals surface area contributed by atoms with E-state index in [1.54, 1.807) is 51.1 Å². The summed E-state index contributed by atoms with van der Waals surface area (Å²) in [4.78, 5) is 35.9. The van der Waals surface area contributed by atoms with Crippen molar-refractivity contribution >= 4 is 39.6 Å². The van der Waals surface area contributed by atoms with Gasteiger partial charge in [0, 0.05) is 22.3 Å². The van der Waals surface area contributed by atoms with Crippen LogP contribution in [0.15, 0.2) is 46.9 Å². The third-order valence-corrected chi connectivity index (χ3v) is 4.32. The molecule has 0 aromatic heterocycles. The summed E-state index contributed by atoms with van der Waals surface area (Å²) in [5.74, 6) is -0.786. The van der Waals surface area contributed by atoms with Crippen LogP contribution in [0.25, 0.3) is 0 Å². The lowest BCUT2D eigenvalue weighted by Crippen LogP contribution is -2.27. The highest BCUT2D eigenvalue weighted by Gasteiger charge is 2.16. The molecule has 0 saturated carbocycles. The van der Waals surface area contributed by atoms with E-state index in [1.165, 1.54) is 13.2 Å². The number of ether oxygens (including phenoxy) is 2. The lowest BCUT2D eigenvalue weighted by molar-refractivity contribution is 0.0597. The van der Waals surface area contributed by atoms with Crippen LogP contribution in [0.5, 0.6) is 0 Å². The van der Waals surface area contributed by atoms with E-state index in [-0.39, 0.29) is 12.5 Å². The van der Waals surface area contributed by atoms with E-state index in [1.807, 2.05) is 6.07 Å². The lowest BCUT2D eigenvalue weighted by atomic mass is 10.1. The van der Waals surface area contributed by atoms with Crippen molar-refractivity contribution in [1.29, 1.82) is 0 Å². The fourth-order valence-electron chi connectivity index (χ4n) is 2.40. The molecule has 2 aromatic rings. The van der Waals surface area contributed by atoms with E-state index in [9.17, 15) is 14.4 Å². The maximum Gasteiger partial charge on any atom is 0.412 e. The molecule has 8 heteroatoms. The van der Waals surface area contributed by atoms with Crippen molar-refractivity contribution in [1.82, 2.24) is 5.32 Å². The summed E-state index contributed by atoms with van der Waals surface area (Å²) >= 11 is 3.27. The Hall–Kier alpha value is -2.87. The number of anilines is 1. The molecule has 2 amide bonds. The van der Waals surface area contributed by atoms with E-state index in [0.717, 1.165) is 5.56 Å². The molecule has 0 radical (unpaired) electrons. The highest BCUT2D eigenvalue weighted by molar-refractivity contribution is 9.10. The molecule has 7 nitrogen and oxygen atoms in total. The molecule has 2 rings (SSSR count). The topological polar surface area (TPSA) is 93.7 Å². The zero-order valence-electron chi connectivity index (χ0n) is 16.7. The Balaban J connectivity index is 1.99. The number of methoxy groups -OCH3 is 1. The van der Waals surface area contributed by atoms with Crippen molar-refractivity contribution in [3.8, 4) is 0 Å². The fraction of sp³-hybridized carbons (Fsp3) is 0.286. The van der Waals surface area contributed by atoms with Gasteiger partial charge in [-0.15, -0.1) is 0 Å². The van der Waals surface area contributed by atoms with Gasteiger partial charge in [-0.2, -0.15) is 0 Å². The van der Waals surface area contributed by atoms with Gasteiger partial charge in [0.25, 0.3) is 5.91 Å². The van der Waals surface area contributed by atoms with E-state index >= 15 is 0 Å². The van der Waals surface area contributed by atoms with Crippen molar-refractivity contribution in [2.24, 2.45) is 0 Å². The van der Waals surface area contributed by atoms with Crippen molar-refractivity contribution in [2.75, 3.05) is 12.4 Å². The van der Waals surface area contributed by atoms with Gasteiger partial charge in [0.2, 0.25) is 0 Å². The molecule has 0 spiro atoms. The summed E-state index contributed by atoms with van der Waals surface area (Å²) in [6.45, 7) is 5.62. The van der Waals surface area contributed by atoms with Gasteiger partial charge in [-0.3, -0.25) is 10.1 Å². The van der Waals surface area contributed by atoms with Crippen LogP contribution in [0.1, 0.15) is 47.1 Å². The van der Waals surface area contributed by atoms with E-state index < -0.39 is 17.7 Å². The Morgan fingerprint density at radius 2 is 1.79 bits per heavy atom. The Morgan fingerprint density at radius 1 is 1.07 bits per heavy atom. The van der Waals surface area contributed by atoms with Gasteiger partial charge >= 0.3 is 12.1 Å². The summed E-state index contributed by atoms with van der Waals surface area (Å²) in [7, 11) is 1.29. The summed E-state index contributed by atoms with van der Waals surface area (Å²) in [5.41, 5.74) is 1.51. The standard InChI is InChI=1S/C21H23BrN2O5/c1-21(2,3)29-20(27)24-15-7-5-6-13(10-15)12-23-18(25)14-8-9-16(17(22)11-14)19(26)28-4/h5-11H,12H2,1-4H3,(H,23,25)(H,24,27). The molecular weight excluding hydrogens is 440 g/mol. The number of halogens is 1. The van der Waals surface area contributed by atoms with Crippen molar-refractivity contribution in [2.45, 2.75) is 32.9 Å². The summed E-state index contributed by atoms with van der Waals surface area (Å²) in [6.07, 6.45) is -0.547. The second-order valence-electron chi connectivity index (χ2n) is 7.20. The molecule has 0 heterocycles. The molecule has 154 valence electrons. The first-order valence-electron chi connectivity index (χ1n) is 8.84. The SMILES string of the molecule is COC(=O)c1ccc(C(=O)NCc2cccc(NC(=O)OC(C)(C)C)c2)cc1Br. The Labute approximate surface area is 177 Å². The van der Waals surface area contributed by atoms with Crippen LogP contribution < -0.4 is 10.6 Å². The smallest absolute Gasteiger partial charge is 0.412 e. The van der Waals surface area contributed by atoms with Crippen molar-refractivity contribution < 1.29 is 23.9 Å². The monoisotopic (exact) mass is 462 g/mol. The maximum absolute atomic E-state index is 12.4. The molecule has 2 aromatic carbocycles. The summed E-state index contributed by atoms with van der Waals surface area (Å²) in [6, 6.07) is 11.7. The number of hydrogen-bond acceptors (Lipinski definition) is 5. The zero-order valence-corrected chi connectivity index (χ0v) is 18.3. The quantitative estimate of drug-likeness (QED) is 0.637. The zero-order chi connectivity index (χ0) is 21.6. The summed E-state index contributed by atoms with van der Waals surface area (Å²) < 4.78 is 10.4. The van der Waals surface area contributed by atoms with E-state index in [0.29, 0.717) is 21.3 Å². The van der Waals surface area contributed by atoms with Gasteiger partial charge in [0.15, 0.2) is 0 Å². The molecule has 0 atom stereocenters. The first-order valence-corrected chi connectivity index (χ1v) is 9.63.